The third-order valence-corrected chi connectivity index (χ3v) is 10.4. The number of nitrogens with two attached hydrogens (primary N) is 1. The molecule has 2 aliphatic heterocycles. The highest BCUT2D eigenvalue weighted by Gasteiger charge is 2.37. The Bertz CT molecular complexity index is 2010. The summed E-state index contributed by atoms with van der Waals surface area (Å²) in [6.45, 7) is 6.31. The number of likely N-dealkylation sites (tertiary alicyclic amines) is 1. The zero-order valence-corrected chi connectivity index (χ0v) is 30.4. The monoisotopic (exact) mass is 738 g/mol. The van der Waals surface area contributed by atoms with Crippen LogP contribution in [0, 0.1) is 18.6 Å². The molecule has 2 unspecified atom stereocenters. The first-order valence-corrected chi connectivity index (χ1v) is 17.5. The van der Waals surface area contributed by atoms with Crippen LogP contribution in [-0.4, -0.2) is 124 Å². The predicted octanol–water partition coefficient (Wildman–Crippen LogP) is 3.55. The van der Waals surface area contributed by atoms with Crippen molar-refractivity contribution >= 4 is 35.0 Å². The van der Waals surface area contributed by atoms with Gasteiger partial charge in [-0.25, -0.2) is 13.8 Å². The van der Waals surface area contributed by atoms with Crippen molar-refractivity contribution in [3.8, 4) is 22.4 Å². The van der Waals surface area contributed by atoms with E-state index < -0.39 is 17.5 Å². The first kappa shape index (κ1) is 37.1. The Morgan fingerprint density at radius 2 is 1.73 bits per heavy atom. The van der Waals surface area contributed by atoms with Crippen molar-refractivity contribution in [1.29, 1.82) is 0 Å². The average molecular weight is 739 g/mol. The Morgan fingerprint density at radius 3 is 2.40 bits per heavy atom. The van der Waals surface area contributed by atoms with E-state index in [9.17, 15) is 14.4 Å². The van der Waals surface area contributed by atoms with Crippen LogP contribution in [0.2, 0.25) is 5.02 Å². The van der Waals surface area contributed by atoms with E-state index in [1.165, 1.54) is 48.3 Å². The fourth-order valence-electron chi connectivity index (χ4n) is 7.02. The van der Waals surface area contributed by atoms with Gasteiger partial charge in [-0.15, -0.1) is 0 Å². The molecule has 2 aromatic carbocycles. The maximum Gasteiger partial charge on any atom is 0.291 e. The largest absolute Gasteiger partial charge is 0.383 e. The van der Waals surface area contributed by atoms with Crippen molar-refractivity contribution < 1.29 is 32.4 Å². The average Bonchev–Trinajstić information content (AvgIpc) is 3.79. The van der Waals surface area contributed by atoms with Gasteiger partial charge in [0, 0.05) is 74.8 Å². The predicted molar refractivity (Wildman–Crippen MR) is 192 cm³/mol. The number of methoxy groups -OCH3 is 1. The zero-order valence-electron chi connectivity index (χ0n) is 29.7. The molecule has 2 aromatic heterocycles. The summed E-state index contributed by atoms with van der Waals surface area (Å²) in [5.74, 6) is -3.01. The number of likely N-dealkylation sites (N-methyl/N-ethyl adjacent to an activating group) is 1. The summed E-state index contributed by atoms with van der Waals surface area (Å²) in [5.41, 5.74) is 7.96. The lowest BCUT2D eigenvalue weighted by molar-refractivity contribution is -0.890. The third-order valence-electron chi connectivity index (χ3n) is 10.1. The molecule has 0 radical (unpaired) electrons. The van der Waals surface area contributed by atoms with E-state index in [0.717, 1.165) is 19.5 Å². The van der Waals surface area contributed by atoms with Crippen LogP contribution in [0.25, 0.3) is 22.4 Å². The number of piperazine rings is 1. The normalized spacial score (nSPS) is 19.0. The van der Waals surface area contributed by atoms with Gasteiger partial charge in [0.1, 0.15) is 0 Å². The number of halogens is 3. The van der Waals surface area contributed by atoms with Crippen LogP contribution < -0.4 is 11.1 Å². The lowest BCUT2D eigenvalue weighted by Crippen LogP contribution is -2.55. The van der Waals surface area contributed by atoms with Crippen molar-refractivity contribution in [2.24, 2.45) is 12.8 Å². The van der Waals surface area contributed by atoms with Crippen molar-refractivity contribution in [2.75, 3.05) is 71.9 Å². The van der Waals surface area contributed by atoms with Gasteiger partial charge in [0.2, 0.25) is 0 Å². The Hall–Kier alpha value is -4.70. The van der Waals surface area contributed by atoms with E-state index in [2.05, 4.69) is 22.4 Å². The van der Waals surface area contributed by atoms with Crippen LogP contribution in [0.5, 0.6) is 0 Å². The molecule has 6 rings (SSSR count). The number of carbonyl (C=O) groups excluding carboxylic acids is 3. The molecular formula is C36H43ClF2N9O4+. The number of quaternary nitrogens is 1. The van der Waals surface area contributed by atoms with E-state index in [1.807, 2.05) is 0 Å². The fraction of sp³-hybridized carbons (Fsp3) is 0.417. The molecule has 3 amide bonds. The SMILES string of the molecule is COCCn1ncc(-c2ccc(-c3cnc(C(=O)Nc4ccc(C(=O)N5CCN(C(=O)C[N+]6(C)CCC(N)C6)CC5)c(Cl)c4)n3C)c(F)c2F)c1C. The topological polar surface area (TPSA) is 141 Å². The molecule has 16 heteroatoms. The fourth-order valence-corrected chi connectivity index (χ4v) is 7.28. The van der Waals surface area contributed by atoms with Crippen LogP contribution in [0.15, 0.2) is 42.7 Å². The smallest absolute Gasteiger partial charge is 0.291 e. The summed E-state index contributed by atoms with van der Waals surface area (Å²) in [6.07, 6.45) is 3.69. The van der Waals surface area contributed by atoms with Crippen LogP contribution in [0.4, 0.5) is 14.5 Å². The minimum atomic E-state index is -1.08. The zero-order chi connectivity index (χ0) is 37.3. The molecule has 0 spiro atoms. The molecule has 0 saturated carbocycles. The lowest BCUT2D eigenvalue weighted by atomic mass is 10.0. The van der Waals surface area contributed by atoms with Crippen molar-refractivity contribution in [3.05, 3.63) is 76.5 Å². The number of rotatable bonds is 10. The van der Waals surface area contributed by atoms with E-state index in [-0.39, 0.29) is 51.1 Å². The van der Waals surface area contributed by atoms with Gasteiger partial charge in [-0.3, -0.25) is 19.1 Å². The van der Waals surface area contributed by atoms with Gasteiger partial charge in [0.15, 0.2) is 24.0 Å². The summed E-state index contributed by atoms with van der Waals surface area (Å²) in [5, 5.41) is 7.12. The number of hydrogen-bond acceptors (Lipinski definition) is 7. The van der Waals surface area contributed by atoms with Gasteiger partial charge in [0.25, 0.3) is 17.7 Å². The number of anilines is 1. The number of nitrogens with zero attached hydrogens (tertiary/aromatic N) is 7. The standard InChI is InChI=1S/C36H42ClF2N9O4/c1-22-28(18-42-47(22)14-16-52-4)25-7-8-27(33(39)32(25)38)30-19-41-34(44(30)2)35(50)43-24-5-6-26(29(37)17-24)36(51)46-12-10-45(11-13-46)31(49)21-48(3)15-9-23(40)20-48/h5-8,17-19,23H,9-16,20-21,40H2,1-4H3/p+1. The second-order valence-electron chi connectivity index (χ2n) is 13.7. The van der Waals surface area contributed by atoms with Crippen LogP contribution in [0.1, 0.15) is 33.1 Å². The van der Waals surface area contributed by atoms with Gasteiger partial charge >= 0.3 is 0 Å². The van der Waals surface area contributed by atoms with E-state index in [4.69, 9.17) is 22.1 Å². The van der Waals surface area contributed by atoms with Gasteiger partial charge < -0.3 is 34.6 Å². The molecule has 2 fully saturated rings. The molecule has 13 nitrogen and oxygen atoms in total. The molecule has 0 aliphatic carbocycles. The molecule has 4 aromatic rings. The van der Waals surface area contributed by atoms with E-state index in [1.54, 1.807) is 34.6 Å². The lowest BCUT2D eigenvalue weighted by Gasteiger charge is -2.37. The molecule has 2 saturated heterocycles. The highest BCUT2D eigenvalue weighted by atomic mass is 35.5. The number of ether oxygens (including phenoxy) is 1. The summed E-state index contributed by atoms with van der Waals surface area (Å²) >= 11 is 6.53. The molecule has 2 aliphatic rings. The third kappa shape index (κ3) is 7.44. The molecule has 276 valence electrons. The number of imidazole rings is 1. The first-order valence-electron chi connectivity index (χ1n) is 17.1. The number of carbonyl (C=O) groups is 3. The van der Waals surface area contributed by atoms with Crippen molar-refractivity contribution in [1.82, 2.24) is 29.1 Å². The highest BCUT2D eigenvalue weighted by molar-refractivity contribution is 6.34. The maximum absolute atomic E-state index is 15.5. The van der Waals surface area contributed by atoms with Crippen LogP contribution in [0.3, 0.4) is 0 Å². The number of amides is 3. The van der Waals surface area contributed by atoms with E-state index >= 15 is 8.78 Å². The van der Waals surface area contributed by atoms with Gasteiger partial charge in [-0.2, -0.15) is 5.10 Å². The molecule has 3 N–H and O–H groups in total. The second kappa shape index (κ2) is 15.1. The van der Waals surface area contributed by atoms with Crippen LogP contribution in [-0.2, 0) is 23.1 Å². The Morgan fingerprint density at radius 1 is 1.04 bits per heavy atom. The number of benzene rings is 2. The Labute approximate surface area is 305 Å². The van der Waals surface area contributed by atoms with Crippen LogP contribution >= 0.6 is 11.6 Å². The number of aromatic nitrogens is 4. The summed E-state index contributed by atoms with van der Waals surface area (Å²) in [6, 6.07) is 7.59. The molecule has 2 atom stereocenters. The maximum atomic E-state index is 15.5. The summed E-state index contributed by atoms with van der Waals surface area (Å²) in [7, 11) is 5.15. The van der Waals surface area contributed by atoms with Gasteiger partial charge in [-0.05, 0) is 31.2 Å². The molecule has 4 heterocycles. The minimum Gasteiger partial charge on any atom is -0.383 e. The van der Waals surface area contributed by atoms with Gasteiger partial charge in [0.05, 0.1) is 68.0 Å². The molecule has 0 bridgehead atoms. The quantitative estimate of drug-likeness (QED) is 0.237. The Kier molecular flexibility index (Phi) is 10.8. The van der Waals surface area contributed by atoms with Crippen molar-refractivity contribution in [2.45, 2.75) is 25.9 Å². The molecular weight excluding hydrogens is 696 g/mol. The summed E-state index contributed by atoms with van der Waals surface area (Å²) in [4.78, 5) is 47.2. The minimum absolute atomic E-state index is 0.0542. The summed E-state index contributed by atoms with van der Waals surface area (Å²) < 4.78 is 39.7. The van der Waals surface area contributed by atoms with Gasteiger partial charge in [-0.1, -0.05) is 17.7 Å². The second-order valence-corrected chi connectivity index (χ2v) is 14.1. The highest BCUT2D eigenvalue weighted by Crippen LogP contribution is 2.33. The van der Waals surface area contributed by atoms with E-state index in [0.29, 0.717) is 67.3 Å². The molecule has 52 heavy (non-hydrogen) atoms. The van der Waals surface area contributed by atoms with Crippen molar-refractivity contribution in [3.63, 3.8) is 0 Å². The number of nitrogens with one attached hydrogen (secondary N) is 1. The number of hydrogen-bond donors (Lipinski definition) is 2. The first-order chi connectivity index (χ1) is 24.8. The Balaban J connectivity index is 1.09.